The Labute approximate surface area is 149 Å². The summed E-state index contributed by atoms with van der Waals surface area (Å²) in [5, 5.41) is 9.79. The number of aromatic nitrogens is 1. The lowest BCUT2D eigenvalue weighted by atomic mass is 10.0. The summed E-state index contributed by atoms with van der Waals surface area (Å²) < 4.78 is 0. The van der Waals surface area contributed by atoms with Gasteiger partial charge in [-0.1, -0.05) is 26.7 Å². The molecule has 1 aromatic rings. The Bertz CT molecular complexity index is 415. The summed E-state index contributed by atoms with van der Waals surface area (Å²) >= 11 is 1.66. The fraction of sp³-hybridized carbons (Fsp3) is 0.714. The molecule has 0 aliphatic carbocycles. The van der Waals surface area contributed by atoms with Crippen LogP contribution in [0.15, 0.2) is 10.4 Å². The van der Waals surface area contributed by atoms with E-state index in [0.717, 1.165) is 23.3 Å². The van der Waals surface area contributed by atoms with Gasteiger partial charge in [-0.25, -0.2) is 4.98 Å². The van der Waals surface area contributed by atoms with E-state index >= 15 is 0 Å². The van der Waals surface area contributed by atoms with Gasteiger partial charge >= 0.3 is 0 Å². The molecule has 0 radical (unpaired) electrons. The van der Waals surface area contributed by atoms with E-state index in [1.165, 1.54) is 12.8 Å². The molecule has 122 valence electrons. The van der Waals surface area contributed by atoms with Crippen molar-refractivity contribution in [2.45, 2.75) is 33.2 Å². The van der Waals surface area contributed by atoms with Crippen LogP contribution in [0.1, 0.15) is 32.4 Å². The molecule has 21 heavy (non-hydrogen) atoms. The van der Waals surface area contributed by atoms with Crippen LogP contribution in [0.25, 0.3) is 0 Å². The number of anilines is 1. The molecule has 1 heterocycles. The first-order valence-electron chi connectivity index (χ1n) is 7.16. The fourth-order valence-corrected chi connectivity index (χ4v) is 2.55. The molecule has 5 nitrogen and oxygen atoms in total. The first-order chi connectivity index (χ1) is 9.60. The van der Waals surface area contributed by atoms with Gasteiger partial charge in [0.05, 0.1) is 12.2 Å². The van der Waals surface area contributed by atoms with Gasteiger partial charge in [0, 0.05) is 33.1 Å². The summed E-state index contributed by atoms with van der Waals surface area (Å²) in [4.78, 5) is 10.8. The standard InChI is InChI=1S/C14H27N5S.HI/c1-6-11(7-2)8-16-13(15-3)17-9-12-10-20-14(18-12)19(4)5;/h10-11H,6-9H2,1-5H3,(H2,15,16,17);1H. The fourth-order valence-electron chi connectivity index (χ4n) is 1.80. The first kappa shape index (κ1) is 20.4. The summed E-state index contributed by atoms with van der Waals surface area (Å²) in [6.07, 6.45) is 2.39. The first-order valence-corrected chi connectivity index (χ1v) is 8.04. The van der Waals surface area contributed by atoms with E-state index in [1.54, 1.807) is 18.4 Å². The molecular weight excluding hydrogens is 397 g/mol. The van der Waals surface area contributed by atoms with E-state index in [2.05, 4.69) is 39.8 Å². The largest absolute Gasteiger partial charge is 0.356 e. The number of nitrogens with one attached hydrogen (secondary N) is 2. The highest BCUT2D eigenvalue weighted by Crippen LogP contribution is 2.17. The van der Waals surface area contributed by atoms with Gasteiger partial charge in [0.15, 0.2) is 11.1 Å². The van der Waals surface area contributed by atoms with Crippen LogP contribution in [0.2, 0.25) is 0 Å². The lowest BCUT2D eigenvalue weighted by Crippen LogP contribution is -2.39. The number of hydrogen-bond donors (Lipinski definition) is 2. The number of halogens is 1. The highest BCUT2D eigenvalue weighted by molar-refractivity contribution is 14.0. The van der Waals surface area contributed by atoms with Crippen molar-refractivity contribution in [2.75, 3.05) is 32.6 Å². The quantitative estimate of drug-likeness (QED) is 0.401. The molecule has 7 heteroatoms. The van der Waals surface area contributed by atoms with Crippen LogP contribution < -0.4 is 15.5 Å². The minimum absolute atomic E-state index is 0. The lowest BCUT2D eigenvalue weighted by molar-refractivity contribution is 0.481. The molecule has 0 fully saturated rings. The molecule has 0 bridgehead atoms. The molecule has 1 aromatic heterocycles. The van der Waals surface area contributed by atoms with Crippen molar-refractivity contribution >= 4 is 46.4 Å². The molecular formula is C14H28IN5S. The Balaban J connectivity index is 0.00000400. The summed E-state index contributed by atoms with van der Waals surface area (Å²) in [6.45, 7) is 6.12. The predicted octanol–water partition coefficient (Wildman–Crippen LogP) is 2.93. The number of hydrogen-bond acceptors (Lipinski definition) is 4. The maximum absolute atomic E-state index is 4.54. The number of nitrogens with zero attached hydrogens (tertiary/aromatic N) is 3. The third kappa shape index (κ3) is 7.30. The topological polar surface area (TPSA) is 52.6 Å². The van der Waals surface area contributed by atoms with Gasteiger partial charge in [0.1, 0.15) is 0 Å². The molecule has 0 atom stereocenters. The van der Waals surface area contributed by atoms with Crippen molar-refractivity contribution in [1.82, 2.24) is 15.6 Å². The number of rotatable bonds is 7. The SMILES string of the molecule is CCC(CC)CNC(=NC)NCc1csc(N(C)C)n1.I. The minimum atomic E-state index is 0. The third-order valence-corrected chi connectivity index (χ3v) is 4.35. The lowest BCUT2D eigenvalue weighted by Gasteiger charge is -2.16. The van der Waals surface area contributed by atoms with Crippen LogP contribution in [0.5, 0.6) is 0 Å². The predicted molar refractivity (Wildman–Crippen MR) is 104 cm³/mol. The summed E-state index contributed by atoms with van der Waals surface area (Å²) in [5.41, 5.74) is 1.05. The second-order valence-electron chi connectivity index (χ2n) is 5.01. The highest BCUT2D eigenvalue weighted by atomic mass is 127. The Hall–Kier alpha value is -0.570. The van der Waals surface area contributed by atoms with E-state index < -0.39 is 0 Å². The zero-order valence-corrected chi connectivity index (χ0v) is 16.8. The molecule has 0 unspecified atom stereocenters. The summed E-state index contributed by atoms with van der Waals surface area (Å²) in [5.74, 6) is 1.55. The van der Waals surface area contributed by atoms with Gasteiger partial charge in [-0.3, -0.25) is 4.99 Å². The van der Waals surface area contributed by atoms with Crippen LogP contribution in [-0.4, -0.2) is 38.6 Å². The van der Waals surface area contributed by atoms with Gasteiger partial charge in [0.25, 0.3) is 0 Å². The van der Waals surface area contributed by atoms with Gasteiger partial charge in [0.2, 0.25) is 0 Å². The molecule has 0 spiro atoms. The average molecular weight is 425 g/mol. The van der Waals surface area contributed by atoms with Crippen molar-refractivity contribution in [2.24, 2.45) is 10.9 Å². The monoisotopic (exact) mass is 425 g/mol. The third-order valence-electron chi connectivity index (χ3n) is 3.30. The molecule has 0 aliphatic heterocycles. The van der Waals surface area contributed by atoms with E-state index in [-0.39, 0.29) is 24.0 Å². The minimum Gasteiger partial charge on any atom is -0.356 e. The second kappa shape index (κ2) is 11.1. The summed E-state index contributed by atoms with van der Waals surface area (Å²) in [7, 11) is 5.81. The average Bonchev–Trinajstić information content (AvgIpc) is 2.92. The van der Waals surface area contributed by atoms with Crippen molar-refractivity contribution in [1.29, 1.82) is 0 Å². The van der Waals surface area contributed by atoms with Crippen LogP contribution in [0.3, 0.4) is 0 Å². The zero-order valence-electron chi connectivity index (χ0n) is 13.6. The van der Waals surface area contributed by atoms with Gasteiger partial charge < -0.3 is 15.5 Å². The van der Waals surface area contributed by atoms with E-state index in [1.807, 2.05) is 19.0 Å². The van der Waals surface area contributed by atoms with E-state index in [9.17, 15) is 0 Å². The molecule has 0 saturated carbocycles. The maximum Gasteiger partial charge on any atom is 0.191 e. The Morgan fingerprint density at radius 2 is 2.00 bits per heavy atom. The smallest absolute Gasteiger partial charge is 0.191 e. The second-order valence-corrected chi connectivity index (χ2v) is 5.84. The molecule has 1 rings (SSSR count). The molecule has 0 aromatic carbocycles. The van der Waals surface area contributed by atoms with Crippen molar-refractivity contribution in [3.05, 3.63) is 11.1 Å². The van der Waals surface area contributed by atoms with Gasteiger partial charge in [-0.05, 0) is 5.92 Å². The maximum atomic E-state index is 4.54. The van der Waals surface area contributed by atoms with Gasteiger partial charge in [-0.2, -0.15) is 0 Å². The molecule has 0 aliphatic rings. The van der Waals surface area contributed by atoms with Crippen molar-refractivity contribution < 1.29 is 0 Å². The highest BCUT2D eigenvalue weighted by Gasteiger charge is 2.07. The Morgan fingerprint density at radius 1 is 1.33 bits per heavy atom. The number of aliphatic imine (C=N–C) groups is 1. The normalized spacial score (nSPS) is 11.2. The van der Waals surface area contributed by atoms with Gasteiger partial charge in [-0.15, -0.1) is 35.3 Å². The molecule has 2 N–H and O–H groups in total. The van der Waals surface area contributed by atoms with Crippen molar-refractivity contribution in [3.8, 4) is 0 Å². The van der Waals surface area contributed by atoms with E-state index in [4.69, 9.17) is 0 Å². The van der Waals surface area contributed by atoms with E-state index in [0.29, 0.717) is 12.5 Å². The van der Waals surface area contributed by atoms with Crippen molar-refractivity contribution in [3.63, 3.8) is 0 Å². The summed E-state index contributed by atoms with van der Waals surface area (Å²) in [6, 6.07) is 0. The molecule has 0 saturated heterocycles. The Morgan fingerprint density at radius 3 is 2.48 bits per heavy atom. The zero-order chi connectivity index (χ0) is 15.0. The Kier molecular flexibility index (Phi) is 10.8. The van der Waals surface area contributed by atoms with Crippen LogP contribution >= 0.6 is 35.3 Å². The van der Waals surface area contributed by atoms with Crippen LogP contribution in [0, 0.1) is 5.92 Å². The number of guanidine groups is 1. The van der Waals surface area contributed by atoms with Crippen LogP contribution in [0.4, 0.5) is 5.13 Å². The molecule has 0 amide bonds. The van der Waals surface area contributed by atoms with Crippen LogP contribution in [-0.2, 0) is 6.54 Å². The number of thiazole rings is 1.